The van der Waals surface area contributed by atoms with E-state index in [1.54, 1.807) is 13.8 Å². The highest BCUT2D eigenvalue weighted by atomic mass is 31.2. The van der Waals surface area contributed by atoms with E-state index in [0.717, 1.165) is 27.2 Å². The van der Waals surface area contributed by atoms with E-state index in [1.807, 2.05) is 48.5 Å². The van der Waals surface area contributed by atoms with Gasteiger partial charge in [0.05, 0.1) is 33.0 Å². The first-order chi connectivity index (χ1) is 15.9. The molecule has 10 heteroatoms. The van der Waals surface area contributed by atoms with Crippen LogP contribution in [0.4, 0.5) is 4.79 Å². The molecule has 0 radical (unpaired) electrons. The van der Waals surface area contributed by atoms with Gasteiger partial charge in [-0.05, 0) is 36.1 Å². The molecule has 0 heterocycles. The van der Waals surface area contributed by atoms with Gasteiger partial charge in [0, 0.05) is 0 Å². The summed E-state index contributed by atoms with van der Waals surface area (Å²) in [4.78, 5) is 26.4. The fourth-order valence-corrected chi connectivity index (χ4v) is 5.34. The summed E-state index contributed by atoms with van der Waals surface area (Å²) in [5, 5.41) is 10.0. The van der Waals surface area contributed by atoms with E-state index in [2.05, 4.69) is 0 Å². The minimum Gasteiger partial charge on any atom is -0.480 e. The van der Waals surface area contributed by atoms with Crippen LogP contribution >= 0.6 is 7.60 Å². The first-order valence-electron chi connectivity index (χ1n) is 10.6. The number of carbonyl (C=O) groups excluding carboxylic acids is 1. The van der Waals surface area contributed by atoms with Gasteiger partial charge in [-0.25, -0.2) is 9.59 Å². The number of rotatable bonds is 11. The molecule has 0 saturated heterocycles. The first-order valence-corrected chi connectivity index (χ1v) is 12.3. The van der Waals surface area contributed by atoms with Crippen molar-refractivity contribution < 1.29 is 37.8 Å². The van der Waals surface area contributed by atoms with E-state index in [4.69, 9.17) is 18.5 Å². The SMILES string of the molecule is CCOP(=O)(COCC(C(=O)O)N(C(=O)OC)C1c2ccccc2-c2ccccc21)OCC. The van der Waals surface area contributed by atoms with Gasteiger partial charge in [-0.15, -0.1) is 0 Å². The quantitative estimate of drug-likeness (QED) is 0.470. The molecular formula is C23H28NO8P. The molecule has 0 fully saturated rings. The number of methoxy groups -OCH3 is 1. The molecule has 0 bridgehead atoms. The van der Waals surface area contributed by atoms with Crippen LogP contribution in [0.3, 0.4) is 0 Å². The highest BCUT2D eigenvalue weighted by molar-refractivity contribution is 7.53. The summed E-state index contributed by atoms with van der Waals surface area (Å²) < 4.78 is 33.5. The molecule has 0 aliphatic heterocycles. The van der Waals surface area contributed by atoms with Crippen LogP contribution in [-0.4, -0.2) is 61.4 Å². The van der Waals surface area contributed by atoms with Crippen molar-refractivity contribution in [1.29, 1.82) is 0 Å². The van der Waals surface area contributed by atoms with Crippen LogP contribution in [0.25, 0.3) is 11.1 Å². The fraction of sp³-hybridized carbons (Fsp3) is 0.391. The second-order valence-corrected chi connectivity index (χ2v) is 9.25. The number of carboxylic acid groups (broad SMARTS) is 1. The van der Waals surface area contributed by atoms with Gasteiger partial charge >= 0.3 is 19.7 Å². The number of ether oxygens (including phenoxy) is 2. The fourth-order valence-electron chi connectivity index (χ4n) is 4.00. The molecule has 0 saturated carbocycles. The Morgan fingerprint density at radius 3 is 1.97 bits per heavy atom. The van der Waals surface area contributed by atoms with Crippen molar-refractivity contribution in [1.82, 2.24) is 4.90 Å². The number of fused-ring (bicyclic) bond motifs is 3. The number of benzene rings is 2. The van der Waals surface area contributed by atoms with Crippen molar-refractivity contribution in [2.75, 3.05) is 33.3 Å². The molecule has 9 nitrogen and oxygen atoms in total. The monoisotopic (exact) mass is 477 g/mol. The van der Waals surface area contributed by atoms with Gasteiger partial charge in [-0.1, -0.05) is 48.5 Å². The van der Waals surface area contributed by atoms with Gasteiger partial charge < -0.3 is 23.6 Å². The topological polar surface area (TPSA) is 112 Å². The van der Waals surface area contributed by atoms with Crippen LogP contribution in [0.15, 0.2) is 48.5 Å². The zero-order chi connectivity index (χ0) is 24.0. The normalized spacial score (nSPS) is 13.8. The van der Waals surface area contributed by atoms with E-state index in [-0.39, 0.29) is 13.2 Å². The maximum absolute atomic E-state index is 12.9. The van der Waals surface area contributed by atoms with Gasteiger partial charge in [-0.3, -0.25) is 9.46 Å². The van der Waals surface area contributed by atoms with Crippen LogP contribution < -0.4 is 0 Å². The molecule has 1 N–H and O–H groups in total. The van der Waals surface area contributed by atoms with Crippen molar-refractivity contribution >= 4 is 19.7 Å². The third-order valence-corrected chi connectivity index (χ3v) is 7.06. The molecule has 0 aromatic heterocycles. The molecule has 0 spiro atoms. The van der Waals surface area contributed by atoms with Gasteiger partial charge in [0.1, 0.15) is 6.35 Å². The van der Waals surface area contributed by atoms with Crippen LogP contribution in [-0.2, 0) is 27.9 Å². The van der Waals surface area contributed by atoms with Gasteiger partial charge in [-0.2, -0.15) is 0 Å². The van der Waals surface area contributed by atoms with Gasteiger partial charge in [0.15, 0.2) is 6.04 Å². The number of aliphatic carboxylic acids is 1. The largest absolute Gasteiger partial charge is 0.480 e. The van der Waals surface area contributed by atoms with Crippen LogP contribution in [0.1, 0.15) is 31.0 Å². The average molecular weight is 477 g/mol. The van der Waals surface area contributed by atoms with Crippen molar-refractivity contribution in [3.63, 3.8) is 0 Å². The summed E-state index contributed by atoms with van der Waals surface area (Å²) in [5.74, 6) is -1.29. The predicted molar refractivity (Wildman–Crippen MR) is 121 cm³/mol. The van der Waals surface area contributed by atoms with Gasteiger partial charge in [0.2, 0.25) is 0 Å². The van der Waals surface area contributed by atoms with Crippen molar-refractivity contribution in [2.24, 2.45) is 0 Å². The van der Waals surface area contributed by atoms with Crippen molar-refractivity contribution in [3.8, 4) is 11.1 Å². The lowest BCUT2D eigenvalue weighted by atomic mass is 10.0. The highest BCUT2D eigenvalue weighted by Gasteiger charge is 2.42. The molecule has 1 aliphatic rings. The molecule has 1 unspecified atom stereocenters. The zero-order valence-corrected chi connectivity index (χ0v) is 19.7. The number of hydrogen-bond acceptors (Lipinski definition) is 7. The van der Waals surface area contributed by atoms with E-state index in [9.17, 15) is 19.3 Å². The molecule has 3 rings (SSSR count). The number of amides is 1. The molecule has 2 aromatic rings. The molecule has 1 aliphatic carbocycles. The Hall–Kier alpha value is -2.71. The molecule has 1 amide bonds. The van der Waals surface area contributed by atoms with Crippen LogP contribution in [0.5, 0.6) is 0 Å². The zero-order valence-electron chi connectivity index (χ0n) is 18.8. The van der Waals surface area contributed by atoms with E-state index >= 15 is 0 Å². The molecule has 33 heavy (non-hydrogen) atoms. The van der Waals surface area contributed by atoms with Gasteiger partial charge in [0.25, 0.3) is 0 Å². The number of nitrogens with zero attached hydrogens (tertiary/aromatic N) is 1. The lowest BCUT2D eigenvalue weighted by Gasteiger charge is -2.34. The Labute approximate surface area is 192 Å². The third-order valence-electron chi connectivity index (χ3n) is 5.26. The Morgan fingerprint density at radius 1 is 1.00 bits per heavy atom. The standard InChI is InChI=1S/C23H28NO8P/c1-4-31-33(28,32-5-2)15-30-14-20(22(25)26)24(23(27)29-3)21-18-12-8-6-10-16(18)17-11-7-9-13-19(17)21/h6-13,20-21H,4-5,14-15H2,1-3H3,(H,25,26). The van der Waals surface area contributed by atoms with E-state index in [0.29, 0.717) is 0 Å². The van der Waals surface area contributed by atoms with Crippen molar-refractivity contribution in [3.05, 3.63) is 59.7 Å². The summed E-state index contributed by atoms with van der Waals surface area (Å²) in [7, 11) is -2.35. The first kappa shape index (κ1) is 24.9. The molecule has 178 valence electrons. The van der Waals surface area contributed by atoms with Crippen molar-refractivity contribution in [2.45, 2.75) is 25.9 Å². The van der Waals surface area contributed by atoms with E-state index < -0.39 is 44.7 Å². The Balaban J connectivity index is 1.95. The lowest BCUT2D eigenvalue weighted by Crippen LogP contribution is -2.49. The summed E-state index contributed by atoms with van der Waals surface area (Å²) >= 11 is 0. The van der Waals surface area contributed by atoms with E-state index in [1.165, 1.54) is 7.11 Å². The highest BCUT2D eigenvalue weighted by Crippen LogP contribution is 2.49. The molecule has 1 atom stereocenters. The maximum atomic E-state index is 12.9. The summed E-state index contributed by atoms with van der Waals surface area (Å²) in [6.45, 7) is 3.19. The minimum absolute atomic E-state index is 0.146. The molecular weight excluding hydrogens is 449 g/mol. The third kappa shape index (κ3) is 5.28. The number of carboxylic acids is 1. The Bertz CT molecular complexity index is 987. The Morgan fingerprint density at radius 2 is 1.52 bits per heavy atom. The molecule has 2 aromatic carbocycles. The Kier molecular flexibility index (Phi) is 8.26. The lowest BCUT2D eigenvalue weighted by molar-refractivity contribution is -0.145. The maximum Gasteiger partial charge on any atom is 0.411 e. The second kappa shape index (κ2) is 10.9. The van der Waals surface area contributed by atoms with Crippen LogP contribution in [0, 0.1) is 0 Å². The summed E-state index contributed by atoms with van der Waals surface area (Å²) in [5.41, 5.74) is 3.39. The number of hydrogen-bond donors (Lipinski definition) is 1. The average Bonchev–Trinajstić information content (AvgIpc) is 3.13. The minimum atomic E-state index is -3.55. The number of carbonyl (C=O) groups is 2. The van der Waals surface area contributed by atoms with Crippen LogP contribution in [0.2, 0.25) is 0 Å². The summed E-state index contributed by atoms with van der Waals surface area (Å²) in [6, 6.07) is 12.9. The predicted octanol–water partition coefficient (Wildman–Crippen LogP) is 4.52. The smallest absolute Gasteiger partial charge is 0.411 e. The second-order valence-electron chi connectivity index (χ2n) is 7.25. The summed E-state index contributed by atoms with van der Waals surface area (Å²) in [6.07, 6.45) is -1.26.